The zero-order valence-electron chi connectivity index (χ0n) is 15.0. The van der Waals surface area contributed by atoms with E-state index in [1.807, 2.05) is 37.3 Å². The second kappa shape index (κ2) is 7.06. The van der Waals surface area contributed by atoms with Gasteiger partial charge in [-0.1, -0.05) is 43.3 Å². The first-order chi connectivity index (χ1) is 12.8. The summed E-state index contributed by atoms with van der Waals surface area (Å²) in [6, 6.07) is 11.9. The number of halogens is 3. The molecule has 0 radical (unpaired) electrons. The molecule has 1 aliphatic rings. The van der Waals surface area contributed by atoms with Gasteiger partial charge in [0.25, 0.3) is 5.91 Å². The number of carbonyl (C=O) groups excluding carboxylic acids is 2. The van der Waals surface area contributed by atoms with Crippen molar-refractivity contribution in [3.63, 3.8) is 0 Å². The van der Waals surface area contributed by atoms with Gasteiger partial charge in [0.15, 0.2) is 0 Å². The molecule has 0 bridgehead atoms. The van der Waals surface area contributed by atoms with Crippen LogP contribution < -0.4 is 4.90 Å². The average molecular weight is 376 g/mol. The number of benzene rings is 2. The van der Waals surface area contributed by atoms with Crippen LogP contribution in [0.15, 0.2) is 48.5 Å². The van der Waals surface area contributed by atoms with Crippen LogP contribution in [-0.2, 0) is 11.0 Å². The molecule has 7 heteroatoms. The van der Waals surface area contributed by atoms with Gasteiger partial charge in [0.05, 0.1) is 17.3 Å². The number of amides is 3. The zero-order valence-corrected chi connectivity index (χ0v) is 15.0. The molecule has 3 rings (SSSR count). The van der Waals surface area contributed by atoms with E-state index in [4.69, 9.17) is 0 Å². The molecule has 2 aromatic rings. The summed E-state index contributed by atoms with van der Waals surface area (Å²) in [4.78, 5) is 27.8. The molecule has 0 N–H and O–H groups in total. The standard InChI is InChI=1S/C20H19F3N2O2/c1-3-16(14-8-5-4-6-9-14)24-12-18(26)25(19(24)27)17-11-7-10-15(13(17)2)20(21,22)23/h4-11,16H,3,12H2,1-2H3/t16-/m1/s1. The first-order valence-electron chi connectivity index (χ1n) is 8.61. The van der Waals surface area contributed by atoms with Gasteiger partial charge in [-0.25, -0.2) is 9.69 Å². The van der Waals surface area contributed by atoms with Gasteiger partial charge in [-0.3, -0.25) is 4.79 Å². The quantitative estimate of drug-likeness (QED) is 0.710. The summed E-state index contributed by atoms with van der Waals surface area (Å²) in [7, 11) is 0. The number of alkyl halides is 3. The summed E-state index contributed by atoms with van der Waals surface area (Å²) >= 11 is 0. The number of hydrogen-bond donors (Lipinski definition) is 0. The van der Waals surface area contributed by atoms with Crippen molar-refractivity contribution >= 4 is 17.6 Å². The van der Waals surface area contributed by atoms with Gasteiger partial charge in [-0.05, 0) is 36.6 Å². The van der Waals surface area contributed by atoms with Gasteiger partial charge in [-0.15, -0.1) is 0 Å². The van der Waals surface area contributed by atoms with E-state index in [1.54, 1.807) is 0 Å². The topological polar surface area (TPSA) is 40.6 Å². The second-order valence-electron chi connectivity index (χ2n) is 6.42. The molecule has 0 spiro atoms. The maximum atomic E-state index is 13.2. The maximum Gasteiger partial charge on any atom is 0.416 e. The molecule has 0 aromatic heterocycles. The van der Waals surface area contributed by atoms with Crippen molar-refractivity contribution in [1.29, 1.82) is 0 Å². The van der Waals surface area contributed by atoms with E-state index in [2.05, 4.69) is 0 Å². The number of imide groups is 1. The molecule has 3 amide bonds. The monoisotopic (exact) mass is 376 g/mol. The van der Waals surface area contributed by atoms with Crippen LogP contribution in [0.5, 0.6) is 0 Å². The Kier molecular flexibility index (Phi) is 4.95. The van der Waals surface area contributed by atoms with Crippen molar-refractivity contribution in [2.75, 3.05) is 11.4 Å². The first kappa shape index (κ1) is 18.9. The van der Waals surface area contributed by atoms with Gasteiger partial charge in [0, 0.05) is 0 Å². The molecule has 1 saturated heterocycles. The fraction of sp³-hybridized carbons (Fsp3) is 0.300. The Morgan fingerprint density at radius 1 is 1.04 bits per heavy atom. The van der Waals surface area contributed by atoms with Crippen molar-refractivity contribution in [2.45, 2.75) is 32.5 Å². The fourth-order valence-corrected chi connectivity index (χ4v) is 3.48. The minimum Gasteiger partial charge on any atom is -0.308 e. The van der Waals surface area contributed by atoms with Crippen molar-refractivity contribution in [3.8, 4) is 0 Å². The van der Waals surface area contributed by atoms with Gasteiger partial charge in [-0.2, -0.15) is 13.2 Å². The summed E-state index contributed by atoms with van der Waals surface area (Å²) in [5.41, 5.74) is -0.135. The molecule has 4 nitrogen and oxygen atoms in total. The van der Waals surface area contributed by atoms with E-state index in [-0.39, 0.29) is 23.8 Å². The van der Waals surface area contributed by atoms with Gasteiger partial charge in [0.1, 0.15) is 6.54 Å². The molecule has 1 heterocycles. The van der Waals surface area contributed by atoms with Crippen molar-refractivity contribution in [2.24, 2.45) is 0 Å². The van der Waals surface area contributed by atoms with Gasteiger partial charge >= 0.3 is 12.2 Å². The molecule has 1 atom stereocenters. The molecule has 0 aliphatic carbocycles. The molecule has 27 heavy (non-hydrogen) atoms. The number of urea groups is 1. The van der Waals surface area contributed by atoms with E-state index < -0.39 is 23.7 Å². The highest BCUT2D eigenvalue weighted by atomic mass is 19.4. The van der Waals surface area contributed by atoms with E-state index >= 15 is 0 Å². The largest absolute Gasteiger partial charge is 0.416 e. The number of carbonyl (C=O) groups is 2. The van der Waals surface area contributed by atoms with Crippen molar-refractivity contribution in [1.82, 2.24) is 4.90 Å². The third-order valence-corrected chi connectivity index (χ3v) is 4.79. The predicted octanol–water partition coefficient (Wildman–Crippen LogP) is 4.93. The Morgan fingerprint density at radius 3 is 2.30 bits per heavy atom. The van der Waals surface area contributed by atoms with E-state index in [1.165, 1.54) is 24.0 Å². The predicted molar refractivity (Wildman–Crippen MR) is 95.2 cm³/mol. The number of rotatable bonds is 4. The number of anilines is 1. The number of nitrogens with zero attached hydrogens (tertiary/aromatic N) is 2. The Balaban J connectivity index is 1.98. The van der Waals surface area contributed by atoms with E-state index in [0.717, 1.165) is 16.5 Å². The van der Waals surface area contributed by atoms with Crippen LogP contribution >= 0.6 is 0 Å². The highest BCUT2D eigenvalue weighted by Crippen LogP contribution is 2.38. The lowest BCUT2D eigenvalue weighted by molar-refractivity contribution is -0.138. The van der Waals surface area contributed by atoms with Crippen molar-refractivity contribution in [3.05, 3.63) is 65.2 Å². The molecular weight excluding hydrogens is 357 g/mol. The van der Waals surface area contributed by atoms with Crippen LogP contribution in [0, 0.1) is 6.92 Å². The summed E-state index contributed by atoms with van der Waals surface area (Å²) in [6.07, 6.45) is -3.97. The normalized spacial score (nSPS) is 16.2. The summed E-state index contributed by atoms with van der Waals surface area (Å²) in [6.45, 7) is 3.01. The minimum absolute atomic E-state index is 0.0229. The Bertz CT molecular complexity index is 865. The third-order valence-electron chi connectivity index (χ3n) is 4.79. The minimum atomic E-state index is -4.55. The van der Waals surface area contributed by atoms with Crippen LogP contribution in [0.3, 0.4) is 0 Å². The molecule has 0 unspecified atom stereocenters. The van der Waals surface area contributed by atoms with E-state index in [0.29, 0.717) is 6.42 Å². The second-order valence-corrected chi connectivity index (χ2v) is 6.42. The third kappa shape index (κ3) is 3.41. The molecule has 2 aromatic carbocycles. The molecule has 142 valence electrons. The summed E-state index contributed by atoms with van der Waals surface area (Å²) < 4.78 is 39.6. The fourth-order valence-electron chi connectivity index (χ4n) is 3.48. The van der Waals surface area contributed by atoms with Gasteiger partial charge in [0.2, 0.25) is 0 Å². The SMILES string of the molecule is CC[C@H](c1ccccc1)N1CC(=O)N(c2cccc(C(F)(F)F)c2C)C1=O. The first-order valence-corrected chi connectivity index (χ1v) is 8.61. The summed E-state index contributed by atoms with van der Waals surface area (Å²) in [5.74, 6) is -0.531. The Labute approximate surface area is 155 Å². The van der Waals surface area contributed by atoms with Crippen LogP contribution in [0.1, 0.15) is 36.1 Å². The molecule has 0 saturated carbocycles. The number of hydrogen-bond acceptors (Lipinski definition) is 2. The Hall–Kier alpha value is -2.83. The smallest absolute Gasteiger partial charge is 0.308 e. The lowest BCUT2D eigenvalue weighted by Crippen LogP contribution is -2.35. The van der Waals surface area contributed by atoms with E-state index in [9.17, 15) is 22.8 Å². The van der Waals surface area contributed by atoms with Gasteiger partial charge < -0.3 is 4.90 Å². The highest BCUT2D eigenvalue weighted by Gasteiger charge is 2.42. The zero-order chi connectivity index (χ0) is 19.8. The molecule has 1 aliphatic heterocycles. The van der Waals surface area contributed by atoms with Crippen LogP contribution in [0.2, 0.25) is 0 Å². The summed E-state index contributed by atoms with van der Waals surface area (Å²) in [5, 5.41) is 0. The Morgan fingerprint density at radius 2 is 1.70 bits per heavy atom. The van der Waals surface area contributed by atoms with Crippen molar-refractivity contribution < 1.29 is 22.8 Å². The maximum absolute atomic E-state index is 13.2. The van der Waals surface area contributed by atoms with Crippen LogP contribution in [-0.4, -0.2) is 23.4 Å². The average Bonchev–Trinajstić information content (AvgIpc) is 2.90. The van der Waals surface area contributed by atoms with Crippen LogP contribution in [0.25, 0.3) is 0 Å². The lowest BCUT2D eigenvalue weighted by Gasteiger charge is -2.27. The highest BCUT2D eigenvalue weighted by molar-refractivity contribution is 6.20. The molecule has 1 fully saturated rings. The molecular formula is C20H19F3N2O2. The lowest BCUT2D eigenvalue weighted by atomic mass is 10.0. The van der Waals surface area contributed by atoms with Crippen LogP contribution in [0.4, 0.5) is 23.7 Å².